The molecule has 0 fully saturated rings. The van der Waals surface area contributed by atoms with E-state index in [9.17, 15) is 14.9 Å². The smallest absolute Gasteiger partial charge is 0.280 e. The quantitative estimate of drug-likeness (QED) is 0.330. The van der Waals surface area contributed by atoms with Crippen molar-refractivity contribution in [2.45, 2.75) is 26.7 Å². The fourth-order valence-electron chi connectivity index (χ4n) is 1.38. The number of Topliss-reactive ketones (excluding diaryl/α,β-unsaturated/α-hetero) is 1. The first-order chi connectivity index (χ1) is 8.06. The van der Waals surface area contributed by atoms with Gasteiger partial charge in [-0.1, -0.05) is 13.3 Å². The van der Waals surface area contributed by atoms with Crippen LogP contribution < -0.4 is 4.74 Å². The topological polar surface area (TPSA) is 69.4 Å². The summed E-state index contributed by atoms with van der Waals surface area (Å²) in [5, 5.41) is 10.7. The number of ketones is 1. The molecule has 0 radical (unpaired) electrons. The van der Waals surface area contributed by atoms with E-state index in [-0.39, 0.29) is 17.0 Å². The summed E-state index contributed by atoms with van der Waals surface area (Å²) in [5.74, 6) is 0.159. The van der Waals surface area contributed by atoms with Crippen molar-refractivity contribution < 1.29 is 14.5 Å². The molecule has 0 aliphatic rings. The Morgan fingerprint density at radius 1 is 1.47 bits per heavy atom. The number of nitro groups is 1. The van der Waals surface area contributed by atoms with Gasteiger partial charge in [0.25, 0.3) is 5.69 Å². The van der Waals surface area contributed by atoms with Gasteiger partial charge in [-0.3, -0.25) is 14.9 Å². The van der Waals surface area contributed by atoms with E-state index < -0.39 is 4.92 Å². The molecule has 0 N–H and O–H groups in total. The summed E-state index contributed by atoms with van der Waals surface area (Å²) >= 11 is 0. The van der Waals surface area contributed by atoms with Gasteiger partial charge in [0.05, 0.1) is 17.1 Å². The molecule has 0 aromatic heterocycles. The SMILES string of the molecule is CCCCOc1ccc([N+](=O)[O-])c(C(C)=O)c1. The Bertz CT molecular complexity index is 429. The lowest BCUT2D eigenvalue weighted by Gasteiger charge is -2.06. The van der Waals surface area contributed by atoms with E-state index in [0.29, 0.717) is 12.4 Å². The van der Waals surface area contributed by atoms with Gasteiger partial charge in [-0.15, -0.1) is 0 Å². The zero-order valence-corrected chi connectivity index (χ0v) is 9.93. The third-order valence-electron chi connectivity index (χ3n) is 2.31. The Labute approximate surface area is 99.5 Å². The van der Waals surface area contributed by atoms with Crippen LogP contribution in [-0.4, -0.2) is 17.3 Å². The van der Waals surface area contributed by atoms with E-state index in [4.69, 9.17) is 4.74 Å². The minimum atomic E-state index is -0.563. The number of unbranched alkanes of at least 4 members (excludes halogenated alkanes) is 1. The Balaban J connectivity index is 2.94. The summed E-state index contributed by atoms with van der Waals surface area (Å²) in [6, 6.07) is 4.24. The van der Waals surface area contributed by atoms with Crippen molar-refractivity contribution >= 4 is 11.5 Å². The fourth-order valence-corrected chi connectivity index (χ4v) is 1.38. The average molecular weight is 237 g/mol. The third-order valence-corrected chi connectivity index (χ3v) is 2.31. The predicted molar refractivity (Wildman–Crippen MR) is 63.5 cm³/mol. The van der Waals surface area contributed by atoms with Gasteiger partial charge in [0, 0.05) is 6.07 Å². The van der Waals surface area contributed by atoms with Crippen LogP contribution in [0.4, 0.5) is 5.69 Å². The Morgan fingerprint density at radius 2 is 2.18 bits per heavy atom. The van der Waals surface area contributed by atoms with Crippen molar-refractivity contribution in [2.24, 2.45) is 0 Å². The molecule has 0 amide bonds. The first kappa shape index (κ1) is 13.2. The minimum Gasteiger partial charge on any atom is -0.494 e. The second kappa shape index (κ2) is 5.98. The number of rotatable bonds is 6. The average Bonchev–Trinajstić information content (AvgIpc) is 2.29. The molecule has 1 aromatic rings. The van der Waals surface area contributed by atoms with E-state index >= 15 is 0 Å². The maximum atomic E-state index is 11.3. The van der Waals surface area contributed by atoms with E-state index in [1.54, 1.807) is 0 Å². The van der Waals surface area contributed by atoms with Gasteiger partial charge in [0.2, 0.25) is 0 Å². The summed E-state index contributed by atoms with van der Waals surface area (Å²) < 4.78 is 5.40. The molecular weight excluding hydrogens is 222 g/mol. The van der Waals surface area contributed by atoms with Crippen LogP contribution >= 0.6 is 0 Å². The highest BCUT2D eigenvalue weighted by Crippen LogP contribution is 2.24. The second-order valence-electron chi connectivity index (χ2n) is 3.69. The zero-order valence-electron chi connectivity index (χ0n) is 9.93. The van der Waals surface area contributed by atoms with E-state index in [1.807, 2.05) is 6.92 Å². The number of nitro benzene ring substituents is 1. The third kappa shape index (κ3) is 3.55. The summed E-state index contributed by atoms with van der Waals surface area (Å²) in [6.07, 6.45) is 1.92. The van der Waals surface area contributed by atoms with Crippen LogP contribution in [0, 0.1) is 10.1 Å². The summed E-state index contributed by atoms with van der Waals surface area (Å²) in [5.41, 5.74) is -0.0932. The monoisotopic (exact) mass is 237 g/mol. The number of ether oxygens (including phenoxy) is 1. The summed E-state index contributed by atoms with van der Waals surface area (Å²) in [6.45, 7) is 3.89. The van der Waals surface area contributed by atoms with Crippen molar-refractivity contribution in [3.63, 3.8) is 0 Å². The highest BCUT2D eigenvalue weighted by Gasteiger charge is 2.17. The van der Waals surface area contributed by atoms with Crippen LogP contribution in [0.5, 0.6) is 5.75 Å². The maximum Gasteiger partial charge on any atom is 0.280 e. The fraction of sp³-hybridized carbons (Fsp3) is 0.417. The molecule has 5 heteroatoms. The molecule has 17 heavy (non-hydrogen) atoms. The molecule has 5 nitrogen and oxygen atoms in total. The molecule has 0 bridgehead atoms. The lowest BCUT2D eigenvalue weighted by Crippen LogP contribution is -2.02. The number of hydrogen-bond acceptors (Lipinski definition) is 4. The van der Waals surface area contributed by atoms with Crippen LogP contribution in [0.25, 0.3) is 0 Å². The molecule has 0 atom stereocenters. The lowest BCUT2D eigenvalue weighted by atomic mass is 10.1. The Morgan fingerprint density at radius 3 is 2.71 bits per heavy atom. The molecular formula is C12H15NO4. The van der Waals surface area contributed by atoms with E-state index in [1.165, 1.54) is 25.1 Å². The molecule has 0 heterocycles. The lowest BCUT2D eigenvalue weighted by molar-refractivity contribution is -0.385. The molecule has 0 aliphatic heterocycles. The standard InChI is InChI=1S/C12H15NO4/c1-3-4-7-17-10-5-6-12(13(15)16)11(8-10)9(2)14/h5-6,8H,3-4,7H2,1-2H3. The van der Waals surface area contributed by atoms with Crippen molar-refractivity contribution in [3.8, 4) is 5.75 Å². The van der Waals surface area contributed by atoms with E-state index in [0.717, 1.165) is 12.8 Å². The molecule has 0 unspecified atom stereocenters. The van der Waals surface area contributed by atoms with Gasteiger partial charge in [-0.2, -0.15) is 0 Å². The van der Waals surface area contributed by atoms with Crippen LogP contribution in [0.1, 0.15) is 37.0 Å². The predicted octanol–water partition coefficient (Wildman–Crippen LogP) is 2.98. The van der Waals surface area contributed by atoms with Crippen molar-refractivity contribution in [1.82, 2.24) is 0 Å². The number of hydrogen-bond donors (Lipinski definition) is 0. The summed E-state index contributed by atoms with van der Waals surface area (Å²) in [4.78, 5) is 21.4. The highest BCUT2D eigenvalue weighted by atomic mass is 16.6. The first-order valence-corrected chi connectivity index (χ1v) is 5.48. The van der Waals surface area contributed by atoms with Gasteiger partial charge in [-0.25, -0.2) is 0 Å². The van der Waals surface area contributed by atoms with Crippen molar-refractivity contribution in [1.29, 1.82) is 0 Å². The van der Waals surface area contributed by atoms with Gasteiger partial charge >= 0.3 is 0 Å². The summed E-state index contributed by atoms with van der Waals surface area (Å²) in [7, 11) is 0. The van der Waals surface area contributed by atoms with Gasteiger partial charge in [0.15, 0.2) is 5.78 Å². The second-order valence-corrected chi connectivity index (χ2v) is 3.69. The molecule has 92 valence electrons. The van der Waals surface area contributed by atoms with Gasteiger partial charge in [0.1, 0.15) is 5.75 Å². The molecule has 1 rings (SSSR count). The van der Waals surface area contributed by atoms with Crippen LogP contribution in [0.3, 0.4) is 0 Å². The Hall–Kier alpha value is -1.91. The number of carbonyl (C=O) groups is 1. The molecule has 1 aromatic carbocycles. The van der Waals surface area contributed by atoms with E-state index in [2.05, 4.69) is 0 Å². The van der Waals surface area contributed by atoms with Crippen molar-refractivity contribution in [3.05, 3.63) is 33.9 Å². The molecule has 0 aliphatic carbocycles. The van der Waals surface area contributed by atoms with Gasteiger partial charge < -0.3 is 4.74 Å². The minimum absolute atomic E-state index is 0.0870. The van der Waals surface area contributed by atoms with Gasteiger partial charge in [-0.05, 0) is 25.5 Å². The molecule has 0 spiro atoms. The number of nitrogens with zero attached hydrogens (tertiary/aromatic N) is 1. The number of benzene rings is 1. The van der Waals surface area contributed by atoms with Crippen LogP contribution in [0.15, 0.2) is 18.2 Å². The maximum absolute atomic E-state index is 11.3. The van der Waals surface area contributed by atoms with Crippen molar-refractivity contribution in [2.75, 3.05) is 6.61 Å². The molecule has 0 saturated heterocycles. The first-order valence-electron chi connectivity index (χ1n) is 5.48. The largest absolute Gasteiger partial charge is 0.494 e. The van der Waals surface area contributed by atoms with Crippen LogP contribution in [-0.2, 0) is 0 Å². The van der Waals surface area contributed by atoms with Crippen LogP contribution in [0.2, 0.25) is 0 Å². The number of carbonyl (C=O) groups excluding carboxylic acids is 1. The zero-order chi connectivity index (χ0) is 12.8. The molecule has 0 saturated carbocycles. The normalized spacial score (nSPS) is 10.0. The Kier molecular flexibility index (Phi) is 4.63. The highest BCUT2D eigenvalue weighted by molar-refractivity contribution is 5.98.